The Labute approximate surface area is 271 Å². The Kier molecular flexibility index (Phi) is 8.17. The molecular weight excluding hydrogens is 580 g/mol. The Morgan fingerprint density at radius 1 is 0.630 bits per heavy atom. The highest BCUT2D eigenvalue weighted by molar-refractivity contribution is 5.63. The van der Waals surface area contributed by atoms with Crippen LogP contribution in [0.5, 0.6) is 46.0 Å². The molecular formula is C38H42N2O6. The van der Waals surface area contributed by atoms with Crippen LogP contribution >= 0.6 is 0 Å². The fourth-order valence-electron chi connectivity index (χ4n) is 7.36. The number of nitrogens with zero attached hydrogens (tertiary/aromatic N) is 2. The van der Waals surface area contributed by atoms with Gasteiger partial charge < -0.3 is 28.4 Å². The summed E-state index contributed by atoms with van der Waals surface area (Å²) in [6.07, 6.45) is 3.27. The Morgan fingerprint density at radius 3 is 2.11 bits per heavy atom. The molecule has 8 nitrogen and oxygen atoms in total. The van der Waals surface area contributed by atoms with Gasteiger partial charge in [-0.2, -0.15) is 0 Å². The van der Waals surface area contributed by atoms with Crippen molar-refractivity contribution in [3.8, 4) is 46.0 Å². The van der Waals surface area contributed by atoms with E-state index in [9.17, 15) is 0 Å². The summed E-state index contributed by atoms with van der Waals surface area (Å²) in [4.78, 5) is 4.80. The summed E-state index contributed by atoms with van der Waals surface area (Å²) >= 11 is 0. The first kappa shape index (κ1) is 30.3. The number of benzene rings is 4. The topological polar surface area (TPSA) is 61.9 Å². The smallest absolute Gasteiger partial charge is 0.204 e. The van der Waals surface area contributed by atoms with Gasteiger partial charge in [-0.15, -0.1) is 0 Å². The Balaban J connectivity index is 1.49. The molecule has 4 aromatic carbocycles. The molecule has 0 fully saturated rings. The highest BCUT2D eigenvalue weighted by atomic mass is 16.5. The van der Waals surface area contributed by atoms with Crippen molar-refractivity contribution in [2.24, 2.45) is 0 Å². The van der Waals surface area contributed by atoms with Crippen molar-refractivity contribution in [1.29, 1.82) is 0 Å². The van der Waals surface area contributed by atoms with E-state index in [2.05, 4.69) is 66.4 Å². The van der Waals surface area contributed by atoms with Gasteiger partial charge in [0.15, 0.2) is 34.5 Å². The first-order valence-electron chi connectivity index (χ1n) is 15.9. The average Bonchev–Trinajstić information content (AvgIpc) is 3.07. The number of rotatable bonds is 4. The van der Waals surface area contributed by atoms with Gasteiger partial charge in [-0.05, 0) is 98.4 Å². The number of likely N-dealkylation sites (N-methyl/N-ethyl adjacent to an activating group) is 2. The van der Waals surface area contributed by atoms with Crippen molar-refractivity contribution < 1.29 is 28.4 Å². The molecule has 0 aliphatic carbocycles. The lowest BCUT2D eigenvalue weighted by Crippen LogP contribution is -2.34. The predicted octanol–water partition coefficient (Wildman–Crippen LogP) is 7.16. The second kappa shape index (κ2) is 12.4. The molecule has 240 valence electrons. The molecule has 0 N–H and O–H groups in total. The van der Waals surface area contributed by atoms with Crippen molar-refractivity contribution in [2.45, 2.75) is 37.8 Å². The molecule has 3 heterocycles. The number of ether oxygens (including phenoxy) is 6. The van der Waals surface area contributed by atoms with Gasteiger partial charge in [0, 0.05) is 36.3 Å². The van der Waals surface area contributed by atoms with E-state index in [1.54, 1.807) is 28.4 Å². The van der Waals surface area contributed by atoms with Crippen molar-refractivity contribution in [3.05, 3.63) is 94.0 Å². The molecule has 0 saturated heterocycles. The minimum atomic E-state index is -0.0347. The van der Waals surface area contributed by atoms with E-state index in [-0.39, 0.29) is 12.1 Å². The van der Waals surface area contributed by atoms with Crippen LogP contribution < -0.4 is 28.4 Å². The van der Waals surface area contributed by atoms with E-state index in [1.807, 2.05) is 18.2 Å². The van der Waals surface area contributed by atoms with Crippen molar-refractivity contribution in [3.63, 3.8) is 0 Å². The third-order valence-electron chi connectivity index (χ3n) is 9.85. The van der Waals surface area contributed by atoms with Gasteiger partial charge in [0.25, 0.3) is 0 Å². The molecule has 2 atom stereocenters. The number of methoxy groups -OCH3 is 4. The van der Waals surface area contributed by atoms with Crippen molar-refractivity contribution in [1.82, 2.24) is 9.80 Å². The highest BCUT2D eigenvalue weighted by Gasteiger charge is 2.35. The van der Waals surface area contributed by atoms with Crippen molar-refractivity contribution in [2.75, 3.05) is 55.6 Å². The van der Waals surface area contributed by atoms with Gasteiger partial charge in [0.1, 0.15) is 5.75 Å². The molecule has 3 aliphatic rings. The summed E-state index contributed by atoms with van der Waals surface area (Å²) in [5, 5.41) is 0. The third kappa shape index (κ3) is 5.29. The first-order chi connectivity index (χ1) is 22.4. The van der Waals surface area contributed by atoms with Crippen LogP contribution in [0.3, 0.4) is 0 Å². The summed E-state index contributed by atoms with van der Waals surface area (Å²) in [5.74, 6) is 5.46. The number of hydrogen-bond acceptors (Lipinski definition) is 8. The maximum atomic E-state index is 6.88. The van der Waals surface area contributed by atoms with Crippen LogP contribution in [0.2, 0.25) is 0 Å². The summed E-state index contributed by atoms with van der Waals surface area (Å²) < 4.78 is 37.5. The van der Waals surface area contributed by atoms with Gasteiger partial charge in [0.2, 0.25) is 5.75 Å². The van der Waals surface area contributed by atoms with E-state index in [1.165, 1.54) is 22.3 Å². The minimum absolute atomic E-state index is 0.0347. The molecule has 4 aromatic rings. The fourth-order valence-corrected chi connectivity index (χ4v) is 7.36. The van der Waals surface area contributed by atoms with Gasteiger partial charge in [-0.1, -0.05) is 24.3 Å². The molecule has 0 spiro atoms. The van der Waals surface area contributed by atoms with E-state index >= 15 is 0 Å². The lowest BCUT2D eigenvalue weighted by Gasteiger charge is -2.37. The Morgan fingerprint density at radius 2 is 1.35 bits per heavy atom. The lowest BCUT2D eigenvalue weighted by molar-refractivity contribution is 0.219. The second-order valence-electron chi connectivity index (χ2n) is 12.4. The Bertz CT molecular complexity index is 1770. The molecule has 0 saturated carbocycles. The summed E-state index contributed by atoms with van der Waals surface area (Å²) in [6, 6.07) is 21.1. The van der Waals surface area contributed by atoms with E-state index in [0.29, 0.717) is 40.9 Å². The largest absolute Gasteiger partial charge is 0.493 e. The molecule has 4 bridgehead atoms. The predicted molar refractivity (Wildman–Crippen MR) is 178 cm³/mol. The molecule has 0 radical (unpaired) electrons. The summed E-state index contributed by atoms with van der Waals surface area (Å²) in [5.41, 5.74) is 7.00. The number of fused-ring (bicyclic) bond motifs is 4. The maximum absolute atomic E-state index is 6.88. The van der Waals surface area contributed by atoms with Gasteiger partial charge >= 0.3 is 0 Å². The molecule has 46 heavy (non-hydrogen) atoms. The third-order valence-corrected chi connectivity index (χ3v) is 9.85. The molecule has 3 aliphatic heterocycles. The zero-order valence-electron chi connectivity index (χ0n) is 27.5. The van der Waals surface area contributed by atoms with E-state index < -0.39 is 0 Å². The normalized spacial score (nSPS) is 19.2. The lowest BCUT2D eigenvalue weighted by atomic mass is 9.87. The molecule has 8 heteroatoms. The van der Waals surface area contributed by atoms with Crippen LogP contribution in [-0.2, 0) is 25.7 Å². The molecule has 0 amide bonds. The van der Waals surface area contributed by atoms with Crippen LogP contribution in [0.15, 0.2) is 60.7 Å². The van der Waals surface area contributed by atoms with Gasteiger partial charge in [-0.3, -0.25) is 9.80 Å². The second-order valence-corrected chi connectivity index (χ2v) is 12.4. The number of para-hydroxylation sites is 1. The van der Waals surface area contributed by atoms with Gasteiger partial charge in [-0.25, -0.2) is 0 Å². The summed E-state index contributed by atoms with van der Waals surface area (Å²) in [7, 11) is 11.1. The van der Waals surface area contributed by atoms with Crippen LogP contribution in [-0.4, -0.2) is 65.4 Å². The highest BCUT2D eigenvalue weighted by Crippen LogP contribution is 2.51. The van der Waals surface area contributed by atoms with E-state index in [0.717, 1.165) is 55.0 Å². The minimum Gasteiger partial charge on any atom is -0.493 e. The Hall–Kier alpha value is -4.40. The molecule has 0 aromatic heterocycles. The van der Waals surface area contributed by atoms with Crippen molar-refractivity contribution >= 4 is 0 Å². The summed E-state index contributed by atoms with van der Waals surface area (Å²) in [6.45, 7) is 1.84. The quantitative estimate of drug-likeness (QED) is 0.238. The SMILES string of the molecule is COc1cc2c3cc1Oc1c(cccc1OC)CC1c4c(cc(OC)c(OC)c4Oc4cccc(c4)CC3N(C)CC2)CCN1C. The zero-order chi connectivity index (χ0) is 31.9. The molecule has 7 rings (SSSR count). The average molecular weight is 623 g/mol. The fraction of sp³-hybridized carbons (Fsp3) is 0.368. The number of hydrogen-bond donors (Lipinski definition) is 0. The molecule has 2 unspecified atom stereocenters. The monoisotopic (exact) mass is 622 g/mol. The van der Waals surface area contributed by atoms with Crippen LogP contribution in [0.4, 0.5) is 0 Å². The first-order valence-corrected chi connectivity index (χ1v) is 15.9. The standard InChI is InChI=1S/C38H42N2O6/c1-39-15-13-24-20-32(42-4)33-22-28(24)29(39)18-23-9-7-11-27(17-23)45-38-35-25(21-34(43-5)37(38)44-6)14-16-40(2)30(35)19-26-10-8-12-31(41-3)36(26)46-33/h7-12,17,20-22,29-30H,13-16,18-19H2,1-6H3. The van der Waals surface area contributed by atoms with Crippen LogP contribution in [0.1, 0.15) is 45.5 Å². The van der Waals surface area contributed by atoms with Gasteiger partial charge in [0.05, 0.1) is 28.4 Å². The zero-order valence-corrected chi connectivity index (χ0v) is 27.5. The van der Waals surface area contributed by atoms with Crippen LogP contribution in [0, 0.1) is 0 Å². The maximum Gasteiger partial charge on any atom is 0.204 e. The van der Waals surface area contributed by atoms with Crippen LogP contribution in [0.25, 0.3) is 0 Å². The van der Waals surface area contributed by atoms with E-state index in [4.69, 9.17) is 28.4 Å².